The van der Waals surface area contributed by atoms with Gasteiger partial charge >= 0.3 is 12.1 Å². The van der Waals surface area contributed by atoms with Crippen molar-refractivity contribution < 1.29 is 36.9 Å². The number of likely N-dealkylation sites (tertiary alicyclic amines) is 1. The first-order chi connectivity index (χ1) is 20.0. The van der Waals surface area contributed by atoms with E-state index in [9.17, 15) is 18.0 Å². The van der Waals surface area contributed by atoms with Gasteiger partial charge in [0.2, 0.25) is 0 Å². The molecule has 2 aliphatic heterocycles. The third-order valence-electron chi connectivity index (χ3n) is 12.0. The highest BCUT2D eigenvalue weighted by atomic mass is 19.4. The van der Waals surface area contributed by atoms with Gasteiger partial charge in [0.25, 0.3) is 0 Å². The summed E-state index contributed by atoms with van der Waals surface area (Å²) in [4.78, 5) is 16.4. The number of ether oxygens (including phenoxy) is 4. The molecule has 6 nitrogen and oxygen atoms in total. The molecule has 0 unspecified atom stereocenters. The number of esters is 1. The molecule has 0 radical (unpaired) electrons. The van der Waals surface area contributed by atoms with Crippen LogP contribution in [-0.4, -0.2) is 61.5 Å². The van der Waals surface area contributed by atoms with E-state index >= 15 is 0 Å². The van der Waals surface area contributed by atoms with Crippen molar-refractivity contribution in [3.05, 3.63) is 58.7 Å². The molecule has 0 amide bonds. The van der Waals surface area contributed by atoms with Crippen molar-refractivity contribution in [2.45, 2.75) is 86.8 Å². The minimum Gasteiger partial charge on any atom is -0.493 e. The highest BCUT2D eigenvalue weighted by molar-refractivity contribution is 5.90. The number of carbonyl (C=O) groups excluding carboxylic acids is 1. The number of alkyl halides is 3. The van der Waals surface area contributed by atoms with Gasteiger partial charge in [0.15, 0.2) is 11.5 Å². The molecular formula is C33H36F3NO5. The van der Waals surface area contributed by atoms with Gasteiger partial charge in [-0.2, -0.15) is 13.2 Å². The Balaban J connectivity index is 1.25. The molecule has 2 heterocycles. The van der Waals surface area contributed by atoms with Crippen LogP contribution in [0, 0.1) is 11.3 Å². The molecule has 1 saturated heterocycles. The lowest BCUT2D eigenvalue weighted by Crippen LogP contribution is -2.85. The van der Waals surface area contributed by atoms with Crippen LogP contribution in [0.4, 0.5) is 13.2 Å². The van der Waals surface area contributed by atoms with Gasteiger partial charge in [0.05, 0.1) is 18.2 Å². The Labute approximate surface area is 243 Å². The summed E-state index contributed by atoms with van der Waals surface area (Å²) in [5, 5.41) is 0. The van der Waals surface area contributed by atoms with Crippen LogP contribution in [0.15, 0.2) is 36.4 Å². The Morgan fingerprint density at radius 1 is 1.07 bits per heavy atom. The van der Waals surface area contributed by atoms with Crippen molar-refractivity contribution in [3.63, 3.8) is 0 Å². The maximum absolute atomic E-state index is 13.7. The number of fused-ring (bicyclic) bond motifs is 2. The van der Waals surface area contributed by atoms with Gasteiger partial charge in [-0.25, -0.2) is 4.79 Å². The molecule has 42 heavy (non-hydrogen) atoms. The Hall–Kier alpha value is -2.78. The van der Waals surface area contributed by atoms with Gasteiger partial charge in [-0.15, -0.1) is 0 Å². The van der Waals surface area contributed by atoms with Gasteiger partial charge < -0.3 is 18.9 Å². The van der Waals surface area contributed by atoms with E-state index < -0.39 is 28.9 Å². The lowest BCUT2D eigenvalue weighted by atomic mass is 9.34. The van der Waals surface area contributed by atoms with Gasteiger partial charge in [-0.3, -0.25) is 4.90 Å². The predicted octanol–water partition coefficient (Wildman–Crippen LogP) is 5.94. The molecule has 9 heteroatoms. The molecule has 4 saturated carbocycles. The fourth-order valence-corrected chi connectivity index (χ4v) is 10.1. The first kappa shape index (κ1) is 26.8. The minimum atomic E-state index is -4.48. The zero-order chi connectivity index (χ0) is 29.3. The molecule has 2 aromatic rings. The van der Waals surface area contributed by atoms with Crippen molar-refractivity contribution in [3.8, 4) is 11.5 Å². The van der Waals surface area contributed by atoms with Crippen LogP contribution < -0.4 is 9.47 Å². The number of hydrogen-bond donors (Lipinski definition) is 0. The molecule has 0 N–H and O–H groups in total. The van der Waals surface area contributed by atoms with Crippen LogP contribution in [0.1, 0.15) is 72.5 Å². The smallest absolute Gasteiger partial charge is 0.416 e. The Kier molecular flexibility index (Phi) is 5.39. The van der Waals surface area contributed by atoms with Crippen LogP contribution in [0.2, 0.25) is 0 Å². The second kappa shape index (κ2) is 8.44. The number of nitrogens with zero attached hydrogens (tertiary/aromatic N) is 1. The standard InChI is InChI=1S/C33H36F3NO5/c1-29(42-27(38)20-6-9-22(10-7-20)33(34,35)36)18-30-12-13-32(29,40-3)28-31(30)14-15-37(17-19-4-5-19)24(30)16-21-8-11-23(39-2)26(41-28)25(21)31/h6-11,19,24,28H,4-5,12-18H2,1-3H3/t24-,28-,29+,30-,31+,32+/m1/s1. The van der Waals surface area contributed by atoms with E-state index in [0.29, 0.717) is 18.6 Å². The van der Waals surface area contributed by atoms with Gasteiger partial charge in [0, 0.05) is 36.1 Å². The topological polar surface area (TPSA) is 57.2 Å². The van der Waals surface area contributed by atoms with E-state index in [1.54, 1.807) is 14.2 Å². The zero-order valence-electron chi connectivity index (χ0n) is 24.2. The summed E-state index contributed by atoms with van der Waals surface area (Å²) in [5.74, 6) is 1.60. The molecule has 7 aliphatic rings. The van der Waals surface area contributed by atoms with Crippen LogP contribution >= 0.6 is 0 Å². The monoisotopic (exact) mass is 583 g/mol. The molecule has 2 aromatic carbocycles. The average molecular weight is 584 g/mol. The van der Waals surface area contributed by atoms with Crippen LogP contribution in [0.5, 0.6) is 11.5 Å². The Morgan fingerprint density at radius 2 is 1.83 bits per heavy atom. The van der Waals surface area contributed by atoms with Gasteiger partial charge in [-0.1, -0.05) is 6.07 Å². The number of benzene rings is 2. The molecule has 9 rings (SSSR count). The fraction of sp³-hybridized carbons (Fsp3) is 0.606. The zero-order valence-corrected chi connectivity index (χ0v) is 24.2. The number of hydrogen-bond acceptors (Lipinski definition) is 6. The second-order valence-electron chi connectivity index (χ2n) is 13.6. The summed E-state index contributed by atoms with van der Waals surface area (Å²) in [6.07, 6.45) is 1.70. The molecule has 224 valence electrons. The lowest BCUT2D eigenvalue weighted by Gasteiger charge is -2.75. The van der Waals surface area contributed by atoms with E-state index in [2.05, 4.69) is 11.0 Å². The number of piperidine rings is 1. The quantitative estimate of drug-likeness (QED) is 0.393. The molecule has 5 aliphatic carbocycles. The van der Waals surface area contributed by atoms with Crippen molar-refractivity contribution in [1.29, 1.82) is 0 Å². The molecule has 4 bridgehead atoms. The minimum absolute atomic E-state index is 0.0860. The lowest BCUT2D eigenvalue weighted by molar-refractivity contribution is -0.322. The van der Waals surface area contributed by atoms with Gasteiger partial charge in [0.1, 0.15) is 17.3 Å². The second-order valence-corrected chi connectivity index (χ2v) is 13.6. The van der Waals surface area contributed by atoms with Crippen molar-refractivity contribution in [2.24, 2.45) is 11.3 Å². The number of methoxy groups -OCH3 is 2. The summed E-state index contributed by atoms with van der Waals surface area (Å²) >= 11 is 0. The fourth-order valence-electron chi connectivity index (χ4n) is 10.1. The summed E-state index contributed by atoms with van der Waals surface area (Å²) < 4.78 is 65.3. The van der Waals surface area contributed by atoms with E-state index in [1.807, 2.05) is 13.0 Å². The van der Waals surface area contributed by atoms with E-state index in [4.69, 9.17) is 18.9 Å². The number of rotatable bonds is 6. The summed E-state index contributed by atoms with van der Waals surface area (Å²) in [6.45, 7) is 4.02. The van der Waals surface area contributed by atoms with Crippen LogP contribution in [0.25, 0.3) is 0 Å². The van der Waals surface area contributed by atoms with Crippen LogP contribution in [-0.2, 0) is 27.5 Å². The third-order valence-corrected chi connectivity index (χ3v) is 12.0. The first-order valence-electron chi connectivity index (χ1n) is 15.1. The SMILES string of the molecule is COc1ccc2c3c1O[C@H]1[C@@]4(OC)CC[C@@]5(C[C@]4(C)OC(=O)c4ccc(C(F)(F)F)cc4)[C@@H](C2)N(CC2CC2)CC[C@]315. The molecule has 0 aromatic heterocycles. The third kappa shape index (κ3) is 3.16. The van der Waals surface area contributed by atoms with E-state index in [1.165, 1.54) is 36.1 Å². The van der Waals surface area contributed by atoms with Crippen molar-refractivity contribution in [2.75, 3.05) is 27.3 Å². The maximum Gasteiger partial charge on any atom is 0.416 e. The predicted molar refractivity (Wildman–Crippen MR) is 147 cm³/mol. The van der Waals surface area contributed by atoms with Crippen LogP contribution in [0.3, 0.4) is 0 Å². The van der Waals surface area contributed by atoms with Gasteiger partial charge in [-0.05, 0) is 100 Å². The van der Waals surface area contributed by atoms with E-state index in [-0.39, 0.29) is 28.5 Å². The first-order valence-corrected chi connectivity index (χ1v) is 15.1. The number of carbonyl (C=O) groups is 1. The normalized spacial score (nSPS) is 37.7. The summed E-state index contributed by atoms with van der Waals surface area (Å²) in [7, 11) is 3.34. The summed E-state index contributed by atoms with van der Waals surface area (Å²) in [6, 6.07) is 8.73. The van der Waals surface area contributed by atoms with E-state index in [0.717, 1.165) is 56.2 Å². The number of halogens is 3. The maximum atomic E-state index is 13.7. The average Bonchev–Trinajstić information content (AvgIpc) is 3.71. The molecule has 6 atom stereocenters. The molecule has 2 spiro atoms. The molecule has 5 fully saturated rings. The Bertz CT molecular complexity index is 1470. The highest BCUT2D eigenvalue weighted by Crippen LogP contribution is 2.77. The largest absolute Gasteiger partial charge is 0.493 e. The highest BCUT2D eigenvalue weighted by Gasteiger charge is 2.84. The molecular weight excluding hydrogens is 547 g/mol. The van der Waals surface area contributed by atoms with Crippen molar-refractivity contribution >= 4 is 5.97 Å². The Morgan fingerprint density at radius 3 is 2.50 bits per heavy atom. The van der Waals surface area contributed by atoms with Crippen molar-refractivity contribution in [1.82, 2.24) is 4.90 Å². The summed E-state index contributed by atoms with van der Waals surface area (Å²) in [5.41, 5.74) is -0.682.